The Morgan fingerprint density at radius 1 is 1.42 bits per heavy atom. The SMILES string of the molecule is CN(C)S(=O)(=O)C1(C)C=CC=N1. The lowest BCUT2D eigenvalue weighted by Gasteiger charge is -2.23. The summed E-state index contributed by atoms with van der Waals surface area (Å²) in [4.78, 5) is 2.79. The fraction of sp³-hybridized carbons (Fsp3) is 0.571. The number of sulfonamides is 1. The van der Waals surface area contributed by atoms with E-state index in [2.05, 4.69) is 4.99 Å². The van der Waals surface area contributed by atoms with E-state index in [1.807, 2.05) is 0 Å². The van der Waals surface area contributed by atoms with Gasteiger partial charge in [0.1, 0.15) is 0 Å². The number of allylic oxidation sites excluding steroid dienone is 1. The molecule has 5 heteroatoms. The highest BCUT2D eigenvalue weighted by molar-refractivity contribution is 7.90. The van der Waals surface area contributed by atoms with Crippen molar-refractivity contribution in [2.24, 2.45) is 4.99 Å². The molecular formula is C7H12N2O2S. The van der Waals surface area contributed by atoms with Gasteiger partial charge in [0, 0.05) is 20.3 Å². The molecule has 0 aromatic heterocycles. The molecule has 0 aromatic rings. The van der Waals surface area contributed by atoms with Gasteiger partial charge in [-0.3, -0.25) is 4.99 Å². The molecule has 0 fully saturated rings. The summed E-state index contributed by atoms with van der Waals surface area (Å²) < 4.78 is 24.4. The van der Waals surface area contributed by atoms with Crippen LogP contribution < -0.4 is 0 Å². The zero-order chi connectivity index (χ0) is 9.41. The van der Waals surface area contributed by atoms with Crippen LogP contribution in [0.25, 0.3) is 0 Å². The summed E-state index contributed by atoms with van der Waals surface area (Å²) in [6.07, 6.45) is 4.71. The number of nitrogens with zero attached hydrogens (tertiary/aromatic N) is 2. The fourth-order valence-corrected chi connectivity index (χ4v) is 2.16. The number of rotatable bonds is 2. The number of hydrogen-bond donors (Lipinski definition) is 0. The van der Waals surface area contributed by atoms with E-state index in [0.717, 1.165) is 0 Å². The van der Waals surface area contributed by atoms with Crippen molar-refractivity contribution in [3.8, 4) is 0 Å². The van der Waals surface area contributed by atoms with E-state index in [-0.39, 0.29) is 0 Å². The summed E-state index contributed by atoms with van der Waals surface area (Å²) >= 11 is 0. The summed E-state index contributed by atoms with van der Waals surface area (Å²) in [5.74, 6) is 0. The standard InChI is InChI=1S/C7H12N2O2S/c1-7(5-4-6-8-7)12(10,11)9(2)3/h4-6H,1-3H3. The largest absolute Gasteiger partial charge is 0.265 e. The first-order chi connectivity index (χ1) is 5.40. The van der Waals surface area contributed by atoms with E-state index in [4.69, 9.17) is 0 Å². The normalized spacial score (nSPS) is 28.7. The van der Waals surface area contributed by atoms with Crippen LogP contribution >= 0.6 is 0 Å². The molecule has 1 rings (SSSR count). The van der Waals surface area contributed by atoms with Gasteiger partial charge in [0.05, 0.1) is 0 Å². The average Bonchev–Trinajstić information content (AvgIpc) is 2.37. The Kier molecular flexibility index (Phi) is 2.09. The van der Waals surface area contributed by atoms with E-state index in [0.29, 0.717) is 0 Å². The molecule has 12 heavy (non-hydrogen) atoms. The van der Waals surface area contributed by atoms with E-state index >= 15 is 0 Å². The number of aliphatic imine (C=N–C) groups is 1. The van der Waals surface area contributed by atoms with Crippen LogP contribution in [0, 0.1) is 0 Å². The van der Waals surface area contributed by atoms with Crippen LogP contribution in [0.4, 0.5) is 0 Å². The van der Waals surface area contributed by atoms with Gasteiger partial charge in [0.2, 0.25) is 10.0 Å². The molecule has 1 atom stereocenters. The van der Waals surface area contributed by atoms with Gasteiger partial charge in [-0.1, -0.05) is 0 Å². The van der Waals surface area contributed by atoms with Crippen LogP contribution in [0.3, 0.4) is 0 Å². The molecule has 0 aliphatic carbocycles. The summed E-state index contributed by atoms with van der Waals surface area (Å²) in [5, 5.41) is 0. The first-order valence-corrected chi connectivity index (χ1v) is 4.99. The highest BCUT2D eigenvalue weighted by Crippen LogP contribution is 2.25. The molecule has 0 amide bonds. The van der Waals surface area contributed by atoms with Gasteiger partial charge < -0.3 is 0 Å². The van der Waals surface area contributed by atoms with Crippen LogP contribution in [0.1, 0.15) is 6.92 Å². The Bertz CT molecular complexity index is 315. The maximum atomic E-state index is 11.6. The van der Waals surface area contributed by atoms with Gasteiger partial charge in [0.15, 0.2) is 4.87 Å². The lowest BCUT2D eigenvalue weighted by molar-refractivity contribution is 0.495. The molecule has 0 aromatic carbocycles. The Labute approximate surface area is 72.6 Å². The van der Waals surface area contributed by atoms with Gasteiger partial charge in [-0.15, -0.1) is 0 Å². The lowest BCUT2D eigenvalue weighted by Crippen LogP contribution is -2.39. The molecule has 0 N–H and O–H groups in total. The van der Waals surface area contributed by atoms with E-state index in [9.17, 15) is 8.42 Å². The van der Waals surface area contributed by atoms with Gasteiger partial charge in [-0.25, -0.2) is 12.7 Å². The van der Waals surface area contributed by atoms with Crippen molar-refractivity contribution in [3.63, 3.8) is 0 Å². The maximum absolute atomic E-state index is 11.6. The predicted molar refractivity (Wildman–Crippen MR) is 48.6 cm³/mol. The van der Waals surface area contributed by atoms with Gasteiger partial charge >= 0.3 is 0 Å². The Morgan fingerprint density at radius 3 is 2.33 bits per heavy atom. The van der Waals surface area contributed by atoms with Gasteiger partial charge in [0.25, 0.3) is 0 Å². The Hall–Kier alpha value is -0.680. The lowest BCUT2D eigenvalue weighted by atomic mass is 10.3. The molecule has 1 heterocycles. The van der Waals surface area contributed by atoms with Crippen molar-refractivity contribution >= 4 is 16.2 Å². The highest BCUT2D eigenvalue weighted by Gasteiger charge is 2.39. The fourth-order valence-electron chi connectivity index (χ4n) is 0.978. The molecule has 68 valence electrons. The van der Waals surface area contributed by atoms with Crippen LogP contribution in [-0.2, 0) is 10.0 Å². The molecule has 1 aliphatic heterocycles. The molecule has 0 saturated heterocycles. The zero-order valence-corrected chi connectivity index (χ0v) is 8.17. The van der Waals surface area contributed by atoms with Gasteiger partial charge in [-0.05, 0) is 19.1 Å². The van der Waals surface area contributed by atoms with Crippen LogP contribution in [-0.4, -0.2) is 37.9 Å². The van der Waals surface area contributed by atoms with Crippen LogP contribution in [0.5, 0.6) is 0 Å². The summed E-state index contributed by atoms with van der Waals surface area (Å²) in [6, 6.07) is 0. The second-order valence-electron chi connectivity index (χ2n) is 2.98. The molecule has 0 saturated carbocycles. The summed E-state index contributed by atoms with van der Waals surface area (Å²) in [5.41, 5.74) is 0. The first-order valence-electron chi connectivity index (χ1n) is 3.55. The van der Waals surface area contributed by atoms with Crippen molar-refractivity contribution in [1.29, 1.82) is 0 Å². The minimum Gasteiger partial charge on any atom is -0.265 e. The third-order valence-electron chi connectivity index (χ3n) is 1.83. The van der Waals surface area contributed by atoms with E-state index in [1.54, 1.807) is 19.1 Å². The maximum Gasteiger partial charge on any atom is 0.243 e. The molecule has 0 bridgehead atoms. The monoisotopic (exact) mass is 188 g/mol. The third kappa shape index (κ3) is 1.19. The number of hydrogen-bond acceptors (Lipinski definition) is 3. The third-order valence-corrected chi connectivity index (χ3v) is 4.07. The molecule has 1 aliphatic rings. The molecule has 4 nitrogen and oxygen atoms in total. The first kappa shape index (κ1) is 9.41. The minimum absolute atomic E-state index is 1.10. The van der Waals surface area contributed by atoms with Crippen molar-refractivity contribution in [3.05, 3.63) is 12.2 Å². The van der Waals surface area contributed by atoms with Crippen molar-refractivity contribution < 1.29 is 8.42 Å². The second-order valence-corrected chi connectivity index (χ2v) is 5.49. The van der Waals surface area contributed by atoms with Gasteiger partial charge in [-0.2, -0.15) is 0 Å². The highest BCUT2D eigenvalue weighted by atomic mass is 32.2. The summed E-state index contributed by atoms with van der Waals surface area (Å²) in [6.45, 7) is 1.57. The van der Waals surface area contributed by atoms with Crippen molar-refractivity contribution in [1.82, 2.24) is 4.31 Å². The summed E-state index contributed by atoms with van der Waals surface area (Å²) in [7, 11) is -0.323. The average molecular weight is 188 g/mol. The molecule has 0 spiro atoms. The van der Waals surface area contributed by atoms with Crippen LogP contribution in [0.15, 0.2) is 17.1 Å². The Morgan fingerprint density at radius 2 is 2.00 bits per heavy atom. The van der Waals surface area contributed by atoms with E-state index in [1.165, 1.54) is 24.6 Å². The molecule has 1 unspecified atom stereocenters. The molecular weight excluding hydrogens is 176 g/mol. The topological polar surface area (TPSA) is 49.7 Å². The smallest absolute Gasteiger partial charge is 0.243 e. The van der Waals surface area contributed by atoms with Crippen molar-refractivity contribution in [2.45, 2.75) is 11.8 Å². The van der Waals surface area contributed by atoms with Crippen LogP contribution in [0.2, 0.25) is 0 Å². The van der Waals surface area contributed by atoms with E-state index < -0.39 is 14.9 Å². The second kappa shape index (κ2) is 2.67. The molecule has 0 radical (unpaired) electrons. The Balaban J connectivity index is 3.13. The zero-order valence-electron chi connectivity index (χ0n) is 7.35. The van der Waals surface area contributed by atoms with Crippen molar-refractivity contribution in [2.75, 3.05) is 14.1 Å². The minimum atomic E-state index is -3.33. The predicted octanol–water partition coefficient (Wildman–Crippen LogP) is 0.235. The quantitative estimate of drug-likeness (QED) is 0.623.